The molecule has 0 saturated heterocycles. The number of hydrogen-bond acceptors (Lipinski definition) is 3. The summed E-state index contributed by atoms with van der Waals surface area (Å²) in [5.41, 5.74) is 1.43. The molecule has 0 aliphatic heterocycles. The Morgan fingerprint density at radius 3 is 2.61 bits per heavy atom. The van der Waals surface area contributed by atoms with Gasteiger partial charge >= 0.3 is 0 Å². The van der Waals surface area contributed by atoms with E-state index < -0.39 is 4.92 Å². The number of nitrogens with zero attached hydrogens (tertiary/aromatic N) is 1. The zero-order valence-electron chi connectivity index (χ0n) is 10.3. The first kappa shape index (κ1) is 12.5. The molecule has 0 heterocycles. The van der Waals surface area contributed by atoms with Crippen LogP contribution < -0.4 is 5.32 Å². The number of anilines is 1. The fraction of sp³-hybridized carbons (Fsp3) is 0.462. The maximum Gasteiger partial charge on any atom is 0.269 e. The van der Waals surface area contributed by atoms with Gasteiger partial charge in [0, 0.05) is 23.7 Å². The summed E-state index contributed by atoms with van der Waals surface area (Å²) >= 11 is 0. The van der Waals surface area contributed by atoms with Gasteiger partial charge in [-0.05, 0) is 31.4 Å². The van der Waals surface area contributed by atoms with Gasteiger partial charge < -0.3 is 5.32 Å². The topological polar surface area (TPSA) is 72.2 Å². The number of amides is 1. The van der Waals surface area contributed by atoms with Crippen molar-refractivity contribution in [2.75, 3.05) is 5.32 Å². The molecule has 1 aromatic rings. The molecule has 5 nitrogen and oxygen atoms in total. The van der Waals surface area contributed by atoms with Crippen LogP contribution in [0, 0.1) is 23.0 Å². The molecule has 1 aliphatic carbocycles. The molecule has 1 aliphatic rings. The van der Waals surface area contributed by atoms with Gasteiger partial charge in [0.2, 0.25) is 5.91 Å². The van der Waals surface area contributed by atoms with Gasteiger partial charge in [0.05, 0.1) is 4.92 Å². The Morgan fingerprint density at radius 2 is 2.06 bits per heavy atom. The lowest BCUT2D eigenvalue weighted by atomic mass is 10.1. The zero-order chi connectivity index (χ0) is 13.1. The lowest BCUT2D eigenvalue weighted by molar-refractivity contribution is -0.384. The summed E-state index contributed by atoms with van der Waals surface area (Å²) in [7, 11) is 0. The summed E-state index contributed by atoms with van der Waals surface area (Å²) < 4.78 is 0. The summed E-state index contributed by atoms with van der Waals surface area (Å²) in [6.07, 6.45) is 4.10. The highest BCUT2D eigenvalue weighted by Gasteiger charge is 2.23. The van der Waals surface area contributed by atoms with Crippen LogP contribution in [0.15, 0.2) is 18.2 Å². The second kappa shape index (κ2) is 5.16. The third kappa shape index (κ3) is 2.67. The van der Waals surface area contributed by atoms with Crippen LogP contribution in [0.1, 0.15) is 31.2 Å². The quantitative estimate of drug-likeness (QED) is 0.660. The van der Waals surface area contributed by atoms with Crippen LogP contribution >= 0.6 is 0 Å². The number of nitrogens with one attached hydrogen (secondary N) is 1. The van der Waals surface area contributed by atoms with Gasteiger partial charge in [-0.25, -0.2) is 0 Å². The molecule has 0 atom stereocenters. The van der Waals surface area contributed by atoms with Crippen molar-refractivity contribution < 1.29 is 9.72 Å². The average molecular weight is 248 g/mol. The van der Waals surface area contributed by atoms with Gasteiger partial charge in [0.15, 0.2) is 0 Å². The van der Waals surface area contributed by atoms with Crippen LogP contribution in [0.4, 0.5) is 11.4 Å². The molecule has 0 spiro atoms. The van der Waals surface area contributed by atoms with Crippen molar-refractivity contribution in [2.24, 2.45) is 5.92 Å². The fourth-order valence-electron chi connectivity index (χ4n) is 2.32. The molecule has 0 bridgehead atoms. The van der Waals surface area contributed by atoms with E-state index in [2.05, 4.69) is 5.32 Å². The molecule has 2 rings (SSSR count). The van der Waals surface area contributed by atoms with Crippen molar-refractivity contribution in [2.45, 2.75) is 32.6 Å². The van der Waals surface area contributed by atoms with Crippen LogP contribution in [-0.4, -0.2) is 10.8 Å². The van der Waals surface area contributed by atoms with Gasteiger partial charge in [-0.2, -0.15) is 0 Å². The van der Waals surface area contributed by atoms with E-state index in [1.807, 2.05) is 0 Å². The van der Waals surface area contributed by atoms with E-state index in [4.69, 9.17) is 0 Å². The molecular formula is C13H16N2O3. The summed E-state index contributed by atoms with van der Waals surface area (Å²) in [6, 6.07) is 4.49. The molecule has 5 heteroatoms. The number of carbonyl (C=O) groups excluding carboxylic acids is 1. The van der Waals surface area contributed by atoms with Crippen molar-refractivity contribution in [1.29, 1.82) is 0 Å². The highest BCUT2D eigenvalue weighted by molar-refractivity contribution is 5.93. The van der Waals surface area contributed by atoms with Gasteiger partial charge in [0.1, 0.15) is 0 Å². The van der Waals surface area contributed by atoms with Crippen LogP contribution in [0.3, 0.4) is 0 Å². The number of nitro benzene ring substituents is 1. The van der Waals surface area contributed by atoms with Crippen LogP contribution in [0.5, 0.6) is 0 Å². The van der Waals surface area contributed by atoms with Gasteiger partial charge in [-0.15, -0.1) is 0 Å². The van der Waals surface area contributed by atoms with Crippen molar-refractivity contribution in [3.05, 3.63) is 33.9 Å². The Kier molecular flexibility index (Phi) is 3.60. The molecule has 1 aromatic carbocycles. The summed E-state index contributed by atoms with van der Waals surface area (Å²) in [4.78, 5) is 22.1. The number of hydrogen-bond donors (Lipinski definition) is 1. The number of rotatable bonds is 3. The van der Waals surface area contributed by atoms with Gasteiger partial charge in [-0.1, -0.05) is 12.8 Å². The fourth-order valence-corrected chi connectivity index (χ4v) is 2.32. The molecule has 0 unspecified atom stereocenters. The first-order valence-electron chi connectivity index (χ1n) is 6.14. The largest absolute Gasteiger partial charge is 0.326 e. The molecule has 0 aromatic heterocycles. The molecule has 1 N–H and O–H groups in total. The highest BCUT2D eigenvalue weighted by Crippen LogP contribution is 2.27. The molecular weight excluding hydrogens is 232 g/mol. The predicted molar refractivity (Wildman–Crippen MR) is 68.4 cm³/mol. The Morgan fingerprint density at radius 1 is 1.39 bits per heavy atom. The number of benzene rings is 1. The lowest BCUT2D eigenvalue weighted by Crippen LogP contribution is -2.20. The average Bonchev–Trinajstić information content (AvgIpc) is 2.85. The lowest BCUT2D eigenvalue weighted by Gasteiger charge is -2.12. The van der Waals surface area contributed by atoms with E-state index in [1.165, 1.54) is 12.1 Å². The van der Waals surface area contributed by atoms with E-state index in [9.17, 15) is 14.9 Å². The Balaban J connectivity index is 2.09. The minimum atomic E-state index is -0.435. The Labute approximate surface area is 105 Å². The van der Waals surface area contributed by atoms with Crippen LogP contribution in [-0.2, 0) is 4.79 Å². The maximum absolute atomic E-state index is 11.9. The van der Waals surface area contributed by atoms with E-state index in [0.717, 1.165) is 31.2 Å². The van der Waals surface area contributed by atoms with E-state index in [-0.39, 0.29) is 17.5 Å². The van der Waals surface area contributed by atoms with E-state index >= 15 is 0 Å². The molecule has 0 radical (unpaired) electrons. The second-order valence-electron chi connectivity index (χ2n) is 4.73. The molecule has 18 heavy (non-hydrogen) atoms. The minimum absolute atomic E-state index is 0.0319. The van der Waals surface area contributed by atoms with Crippen LogP contribution in [0.25, 0.3) is 0 Å². The van der Waals surface area contributed by atoms with Crippen molar-refractivity contribution in [1.82, 2.24) is 0 Å². The van der Waals surface area contributed by atoms with E-state index in [0.29, 0.717) is 5.69 Å². The minimum Gasteiger partial charge on any atom is -0.326 e. The number of non-ortho nitro benzene ring substituents is 1. The smallest absolute Gasteiger partial charge is 0.269 e. The summed E-state index contributed by atoms with van der Waals surface area (Å²) in [5.74, 6) is 0.129. The standard InChI is InChI=1S/C13H16N2O3/c1-9-8-11(15(17)18)6-7-12(9)14-13(16)10-4-2-3-5-10/h6-8,10H,2-5H2,1H3,(H,14,16). The SMILES string of the molecule is Cc1cc([N+](=O)[O-])ccc1NC(=O)C1CCCC1. The normalized spacial score (nSPS) is 15.6. The summed E-state index contributed by atoms with van der Waals surface area (Å²) in [6.45, 7) is 1.76. The predicted octanol–water partition coefficient (Wildman–Crippen LogP) is 3.03. The van der Waals surface area contributed by atoms with Gasteiger partial charge in [0.25, 0.3) is 5.69 Å². The van der Waals surface area contributed by atoms with E-state index in [1.54, 1.807) is 13.0 Å². The van der Waals surface area contributed by atoms with Gasteiger partial charge in [-0.3, -0.25) is 14.9 Å². The molecule has 96 valence electrons. The third-order valence-electron chi connectivity index (χ3n) is 3.40. The molecule has 1 saturated carbocycles. The molecule has 1 amide bonds. The first-order chi connectivity index (χ1) is 8.58. The monoisotopic (exact) mass is 248 g/mol. The Bertz CT molecular complexity index is 479. The highest BCUT2D eigenvalue weighted by atomic mass is 16.6. The number of aryl methyl sites for hydroxylation is 1. The summed E-state index contributed by atoms with van der Waals surface area (Å²) in [5, 5.41) is 13.5. The maximum atomic E-state index is 11.9. The van der Waals surface area contributed by atoms with Crippen molar-refractivity contribution in [3.8, 4) is 0 Å². The number of nitro groups is 1. The number of carbonyl (C=O) groups is 1. The zero-order valence-corrected chi connectivity index (χ0v) is 10.3. The Hall–Kier alpha value is -1.91. The van der Waals surface area contributed by atoms with Crippen molar-refractivity contribution in [3.63, 3.8) is 0 Å². The molecule has 1 fully saturated rings. The van der Waals surface area contributed by atoms with Crippen LogP contribution in [0.2, 0.25) is 0 Å². The van der Waals surface area contributed by atoms with Crippen molar-refractivity contribution >= 4 is 17.3 Å². The third-order valence-corrected chi connectivity index (χ3v) is 3.40. The second-order valence-corrected chi connectivity index (χ2v) is 4.73. The first-order valence-corrected chi connectivity index (χ1v) is 6.14.